The molecule has 1 aromatic heterocycles. The van der Waals surface area contributed by atoms with Gasteiger partial charge in [0.2, 0.25) is 0 Å². The second-order valence-corrected chi connectivity index (χ2v) is 5.91. The Morgan fingerprint density at radius 2 is 1.96 bits per heavy atom. The van der Waals surface area contributed by atoms with Gasteiger partial charge in [0.1, 0.15) is 5.82 Å². The van der Waals surface area contributed by atoms with Gasteiger partial charge < -0.3 is 15.6 Å². The minimum Gasteiger partial charge on any atom is -0.370 e. The van der Waals surface area contributed by atoms with Gasteiger partial charge in [-0.3, -0.25) is 4.99 Å². The predicted octanol–water partition coefficient (Wildman–Crippen LogP) is 4.09. The Bertz CT molecular complexity index is 869. The molecule has 0 fully saturated rings. The van der Waals surface area contributed by atoms with E-state index in [9.17, 15) is 0 Å². The van der Waals surface area contributed by atoms with Crippen molar-refractivity contribution in [3.05, 3.63) is 59.9 Å². The summed E-state index contributed by atoms with van der Waals surface area (Å²) in [5.41, 5.74) is 10.3. The van der Waals surface area contributed by atoms with Crippen molar-refractivity contribution in [3.63, 3.8) is 0 Å². The topological polar surface area (TPSA) is 68.2 Å². The van der Waals surface area contributed by atoms with Gasteiger partial charge in [-0.05, 0) is 50.1 Å². The minimum atomic E-state index is 0. The molecule has 0 saturated carbocycles. The largest absolute Gasteiger partial charge is 0.370 e. The zero-order valence-corrected chi connectivity index (χ0v) is 16.9. The van der Waals surface area contributed by atoms with Crippen LogP contribution in [-0.2, 0) is 6.54 Å². The highest BCUT2D eigenvalue weighted by Gasteiger charge is 2.05. The van der Waals surface area contributed by atoms with Gasteiger partial charge in [-0.25, -0.2) is 4.98 Å². The van der Waals surface area contributed by atoms with Crippen LogP contribution in [0.15, 0.2) is 53.5 Å². The molecule has 0 saturated heterocycles. The number of hydrogen-bond acceptors (Lipinski definition) is 2. The molecule has 0 amide bonds. The van der Waals surface area contributed by atoms with Crippen molar-refractivity contribution in [1.29, 1.82) is 0 Å². The molecule has 5 nitrogen and oxygen atoms in total. The fourth-order valence-corrected chi connectivity index (χ4v) is 2.82. The normalized spacial score (nSPS) is 11.4. The van der Waals surface area contributed by atoms with Gasteiger partial charge >= 0.3 is 0 Å². The van der Waals surface area contributed by atoms with E-state index in [-0.39, 0.29) is 24.0 Å². The minimum absolute atomic E-state index is 0. The molecule has 25 heavy (non-hydrogen) atoms. The number of imidazole rings is 1. The molecular formula is C19H24IN5. The van der Waals surface area contributed by atoms with Crippen LogP contribution < -0.4 is 11.1 Å². The molecule has 3 rings (SSSR count). The fourth-order valence-electron chi connectivity index (χ4n) is 2.82. The number of nitrogens with one attached hydrogen (secondary N) is 1. The van der Waals surface area contributed by atoms with Gasteiger partial charge in [-0.15, -0.1) is 24.0 Å². The zero-order chi connectivity index (χ0) is 16.9. The molecule has 6 heteroatoms. The number of anilines is 1. The van der Waals surface area contributed by atoms with E-state index < -0.39 is 0 Å². The third kappa shape index (κ3) is 4.94. The first-order chi connectivity index (χ1) is 11.6. The van der Waals surface area contributed by atoms with Gasteiger partial charge in [-0.2, -0.15) is 0 Å². The third-order valence-corrected chi connectivity index (χ3v) is 3.96. The summed E-state index contributed by atoms with van der Waals surface area (Å²) >= 11 is 0. The van der Waals surface area contributed by atoms with E-state index in [0.717, 1.165) is 30.0 Å². The molecule has 0 unspecified atom stereocenters. The van der Waals surface area contributed by atoms with E-state index in [0.29, 0.717) is 12.5 Å². The number of aromatic nitrogens is 2. The molecule has 1 heterocycles. The number of para-hydroxylation sites is 2. The number of benzene rings is 2. The van der Waals surface area contributed by atoms with Crippen LogP contribution in [0, 0.1) is 13.8 Å². The van der Waals surface area contributed by atoms with Crippen molar-refractivity contribution in [3.8, 4) is 0 Å². The quantitative estimate of drug-likeness (QED) is 0.267. The van der Waals surface area contributed by atoms with Crippen LogP contribution in [0.4, 0.5) is 5.69 Å². The Labute approximate surface area is 165 Å². The SMILES string of the molecule is Cc1cccc(NC(N)=NCCCn2c(C)nc3ccccc32)c1.I. The van der Waals surface area contributed by atoms with E-state index in [1.807, 2.05) is 43.3 Å². The Kier molecular flexibility index (Phi) is 6.81. The van der Waals surface area contributed by atoms with Crippen molar-refractivity contribution >= 4 is 46.7 Å². The molecule has 0 spiro atoms. The lowest BCUT2D eigenvalue weighted by Gasteiger charge is -2.07. The number of halogens is 1. The Hall–Kier alpha value is -2.09. The maximum atomic E-state index is 5.96. The van der Waals surface area contributed by atoms with Gasteiger partial charge in [0.15, 0.2) is 5.96 Å². The van der Waals surface area contributed by atoms with Gasteiger partial charge in [0.05, 0.1) is 11.0 Å². The predicted molar refractivity (Wildman–Crippen MR) is 116 cm³/mol. The van der Waals surface area contributed by atoms with Crippen LogP contribution in [0.5, 0.6) is 0 Å². The molecular weight excluding hydrogens is 425 g/mol. The monoisotopic (exact) mass is 449 g/mol. The Balaban J connectivity index is 0.00000225. The Morgan fingerprint density at radius 1 is 1.16 bits per heavy atom. The molecule has 0 aliphatic carbocycles. The first-order valence-electron chi connectivity index (χ1n) is 8.19. The highest BCUT2D eigenvalue weighted by atomic mass is 127. The number of rotatable bonds is 5. The molecule has 0 bridgehead atoms. The summed E-state index contributed by atoms with van der Waals surface area (Å²) in [4.78, 5) is 8.99. The lowest BCUT2D eigenvalue weighted by atomic mass is 10.2. The van der Waals surface area contributed by atoms with Crippen LogP contribution in [0.3, 0.4) is 0 Å². The number of fused-ring (bicyclic) bond motifs is 1. The molecule has 0 aliphatic heterocycles. The second kappa shape index (κ2) is 8.84. The van der Waals surface area contributed by atoms with E-state index in [2.05, 4.69) is 38.9 Å². The molecule has 2 aromatic carbocycles. The van der Waals surface area contributed by atoms with Crippen molar-refractivity contribution in [2.75, 3.05) is 11.9 Å². The number of aliphatic imine (C=N–C) groups is 1. The van der Waals surface area contributed by atoms with Crippen molar-refractivity contribution < 1.29 is 0 Å². The van der Waals surface area contributed by atoms with Crippen molar-refractivity contribution in [1.82, 2.24) is 9.55 Å². The van der Waals surface area contributed by atoms with Crippen LogP contribution in [-0.4, -0.2) is 22.1 Å². The van der Waals surface area contributed by atoms with E-state index in [1.54, 1.807) is 0 Å². The second-order valence-electron chi connectivity index (χ2n) is 5.91. The van der Waals surface area contributed by atoms with E-state index in [1.165, 1.54) is 11.1 Å². The number of hydrogen-bond donors (Lipinski definition) is 2. The van der Waals surface area contributed by atoms with Crippen LogP contribution in [0.25, 0.3) is 11.0 Å². The summed E-state index contributed by atoms with van der Waals surface area (Å²) in [5, 5.41) is 3.13. The number of nitrogens with two attached hydrogens (primary N) is 1. The number of aryl methyl sites for hydroxylation is 3. The van der Waals surface area contributed by atoms with Crippen LogP contribution in [0.2, 0.25) is 0 Å². The lowest BCUT2D eigenvalue weighted by molar-refractivity contribution is 0.649. The molecule has 0 atom stereocenters. The fraction of sp³-hybridized carbons (Fsp3) is 0.263. The van der Waals surface area contributed by atoms with Crippen molar-refractivity contribution in [2.45, 2.75) is 26.8 Å². The molecule has 0 aliphatic rings. The van der Waals surface area contributed by atoms with Gasteiger partial charge in [-0.1, -0.05) is 24.3 Å². The third-order valence-electron chi connectivity index (χ3n) is 3.96. The number of nitrogens with zero attached hydrogens (tertiary/aromatic N) is 3. The lowest BCUT2D eigenvalue weighted by Crippen LogP contribution is -2.23. The summed E-state index contributed by atoms with van der Waals surface area (Å²) in [6.45, 7) is 5.65. The average molecular weight is 449 g/mol. The summed E-state index contributed by atoms with van der Waals surface area (Å²) < 4.78 is 2.23. The Morgan fingerprint density at radius 3 is 2.76 bits per heavy atom. The van der Waals surface area contributed by atoms with Crippen LogP contribution >= 0.6 is 24.0 Å². The zero-order valence-electron chi connectivity index (χ0n) is 14.6. The average Bonchev–Trinajstić information content (AvgIpc) is 2.87. The maximum Gasteiger partial charge on any atom is 0.193 e. The first kappa shape index (κ1) is 19.2. The van der Waals surface area contributed by atoms with Crippen LogP contribution in [0.1, 0.15) is 17.8 Å². The molecule has 132 valence electrons. The summed E-state index contributed by atoms with van der Waals surface area (Å²) in [6, 6.07) is 16.3. The van der Waals surface area contributed by atoms with E-state index in [4.69, 9.17) is 5.73 Å². The smallest absolute Gasteiger partial charge is 0.193 e. The van der Waals surface area contributed by atoms with Gasteiger partial charge in [0, 0.05) is 18.8 Å². The summed E-state index contributed by atoms with van der Waals surface area (Å²) in [7, 11) is 0. The maximum absolute atomic E-state index is 5.96. The number of guanidine groups is 1. The standard InChI is InChI=1S/C19H23N5.HI/c1-14-7-5-8-16(13-14)23-19(20)21-11-6-12-24-15(2)22-17-9-3-4-10-18(17)24;/h3-5,7-10,13H,6,11-12H2,1-2H3,(H3,20,21,23);1H. The summed E-state index contributed by atoms with van der Waals surface area (Å²) in [6.07, 6.45) is 0.914. The molecule has 3 N–H and O–H groups in total. The first-order valence-corrected chi connectivity index (χ1v) is 8.19. The van der Waals surface area contributed by atoms with E-state index >= 15 is 0 Å². The summed E-state index contributed by atoms with van der Waals surface area (Å²) in [5.74, 6) is 1.49. The molecule has 0 radical (unpaired) electrons. The van der Waals surface area contributed by atoms with Crippen molar-refractivity contribution in [2.24, 2.45) is 10.7 Å². The highest BCUT2D eigenvalue weighted by molar-refractivity contribution is 14.0. The highest BCUT2D eigenvalue weighted by Crippen LogP contribution is 2.15. The molecule has 3 aromatic rings. The van der Waals surface area contributed by atoms with Gasteiger partial charge in [0.25, 0.3) is 0 Å².